The number of carbonyl (C=O) groups excluding carboxylic acids is 1. The second-order valence-electron chi connectivity index (χ2n) is 5.68. The smallest absolute Gasteiger partial charge is 0.244 e. The number of aryl methyl sites for hydroxylation is 2. The van der Waals surface area contributed by atoms with Gasteiger partial charge in [-0.05, 0) is 66.2 Å². The average molecular weight is 323 g/mol. The van der Waals surface area contributed by atoms with Gasteiger partial charge in [-0.3, -0.25) is 4.79 Å². The SMILES string of the molecule is Cc1cc(C)c(N2CCC(NC3CC3)C2=O)c(Br)c1. The number of anilines is 1. The highest BCUT2D eigenvalue weighted by Gasteiger charge is 2.37. The van der Waals surface area contributed by atoms with Crippen LogP contribution in [0.2, 0.25) is 0 Å². The molecule has 1 amide bonds. The predicted octanol–water partition coefficient (Wildman–Crippen LogP) is 2.92. The molecule has 1 aromatic rings. The number of carbonyl (C=O) groups is 1. The van der Waals surface area contributed by atoms with E-state index in [9.17, 15) is 4.79 Å². The molecule has 3 nitrogen and oxygen atoms in total. The molecule has 102 valence electrons. The van der Waals surface area contributed by atoms with Gasteiger partial charge in [0.15, 0.2) is 0 Å². The van der Waals surface area contributed by atoms with E-state index < -0.39 is 0 Å². The molecule has 0 bridgehead atoms. The topological polar surface area (TPSA) is 32.3 Å². The Hall–Kier alpha value is -0.870. The fourth-order valence-electron chi connectivity index (χ4n) is 2.84. The third-order valence-electron chi connectivity index (χ3n) is 3.89. The summed E-state index contributed by atoms with van der Waals surface area (Å²) in [5.74, 6) is 0.222. The summed E-state index contributed by atoms with van der Waals surface area (Å²) in [5, 5.41) is 3.45. The molecule has 0 spiro atoms. The van der Waals surface area contributed by atoms with Gasteiger partial charge in [0.1, 0.15) is 0 Å². The Bertz CT molecular complexity index is 502. The van der Waals surface area contributed by atoms with Gasteiger partial charge in [0.2, 0.25) is 5.91 Å². The Morgan fingerprint density at radius 2 is 2.00 bits per heavy atom. The van der Waals surface area contributed by atoms with Gasteiger partial charge in [0, 0.05) is 17.1 Å². The van der Waals surface area contributed by atoms with Crippen LogP contribution in [0.1, 0.15) is 30.4 Å². The summed E-state index contributed by atoms with van der Waals surface area (Å²) in [7, 11) is 0. The van der Waals surface area contributed by atoms with E-state index in [0.717, 1.165) is 28.7 Å². The van der Waals surface area contributed by atoms with Crippen LogP contribution in [0.25, 0.3) is 0 Å². The molecule has 1 unspecified atom stereocenters. The van der Waals surface area contributed by atoms with E-state index in [-0.39, 0.29) is 11.9 Å². The molecule has 1 aliphatic carbocycles. The summed E-state index contributed by atoms with van der Waals surface area (Å²) in [6, 6.07) is 4.81. The van der Waals surface area contributed by atoms with Gasteiger partial charge in [-0.25, -0.2) is 0 Å². The zero-order valence-corrected chi connectivity index (χ0v) is 13.0. The first-order valence-corrected chi connectivity index (χ1v) is 7.70. The number of nitrogens with zero attached hydrogens (tertiary/aromatic N) is 1. The normalized spacial score (nSPS) is 23.2. The minimum absolute atomic E-state index is 0.0140. The maximum absolute atomic E-state index is 12.5. The van der Waals surface area contributed by atoms with Crippen molar-refractivity contribution in [1.82, 2.24) is 5.32 Å². The average Bonchev–Trinajstić information content (AvgIpc) is 3.07. The molecular formula is C15H19BrN2O. The lowest BCUT2D eigenvalue weighted by atomic mass is 10.1. The van der Waals surface area contributed by atoms with E-state index in [4.69, 9.17) is 0 Å². The van der Waals surface area contributed by atoms with Crippen molar-refractivity contribution in [1.29, 1.82) is 0 Å². The third kappa shape index (κ3) is 2.56. The number of amides is 1. The Kier molecular flexibility index (Phi) is 3.39. The number of nitrogens with one attached hydrogen (secondary N) is 1. The highest BCUT2D eigenvalue weighted by atomic mass is 79.9. The number of rotatable bonds is 3. The van der Waals surface area contributed by atoms with Gasteiger partial charge in [-0.1, -0.05) is 6.07 Å². The Morgan fingerprint density at radius 3 is 2.63 bits per heavy atom. The number of benzene rings is 1. The minimum atomic E-state index is 0.0140. The van der Waals surface area contributed by atoms with Crippen LogP contribution in [0.3, 0.4) is 0 Å². The third-order valence-corrected chi connectivity index (χ3v) is 4.49. The van der Waals surface area contributed by atoms with Crippen LogP contribution in [0.4, 0.5) is 5.69 Å². The van der Waals surface area contributed by atoms with E-state index >= 15 is 0 Å². The molecule has 1 saturated heterocycles. The molecule has 4 heteroatoms. The molecule has 3 rings (SSSR count). The Balaban J connectivity index is 1.84. The monoisotopic (exact) mass is 322 g/mol. The van der Waals surface area contributed by atoms with Gasteiger partial charge in [0.05, 0.1) is 11.7 Å². The van der Waals surface area contributed by atoms with Crippen molar-refractivity contribution in [3.8, 4) is 0 Å². The van der Waals surface area contributed by atoms with Crippen molar-refractivity contribution < 1.29 is 4.79 Å². The van der Waals surface area contributed by atoms with Crippen molar-refractivity contribution in [2.24, 2.45) is 0 Å². The van der Waals surface area contributed by atoms with Gasteiger partial charge >= 0.3 is 0 Å². The summed E-state index contributed by atoms with van der Waals surface area (Å²) in [4.78, 5) is 14.4. The van der Waals surface area contributed by atoms with Crippen LogP contribution in [0.5, 0.6) is 0 Å². The molecule has 1 heterocycles. The maximum Gasteiger partial charge on any atom is 0.244 e. The highest BCUT2D eigenvalue weighted by molar-refractivity contribution is 9.10. The zero-order valence-electron chi connectivity index (χ0n) is 11.4. The van der Waals surface area contributed by atoms with Gasteiger partial charge < -0.3 is 10.2 Å². The molecule has 2 aliphatic rings. The van der Waals surface area contributed by atoms with Crippen LogP contribution in [-0.2, 0) is 4.79 Å². The first-order valence-electron chi connectivity index (χ1n) is 6.90. The maximum atomic E-state index is 12.5. The summed E-state index contributed by atoms with van der Waals surface area (Å²) in [6.45, 7) is 4.96. The summed E-state index contributed by atoms with van der Waals surface area (Å²) >= 11 is 3.60. The standard InChI is InChI=1S/C15H19BrN2O/c1-9-7-10(2)14(12(16)8-9)18-6-5-13(15(18)19)17-11-3-4-11/h7-8,11,13,17H,3-6H2,1-2H3. The molecule has 1 saturated carbocycles. The number of hydrogen-bond donors (Lipinski definition) is 1. The fourth-order valence-corrected chi connectivity index (χ4v) is 3.73. The highest BCUT2D eigenvalue weighted by Crippen LogP contribution is 2.34. The lowest BCUT2D eigenvalue weighted by Gasteiger charge is -2.21. The van der Waals surface area contributed by atoms with Crippen molar-refractivity contribution in [3.63, 3.8) is 0 Å². The second-order valence-corrected chi connectivity index (χ2v) is 6.54. The molecular weight excluding hydrogens is 304 g/mol. The zero-order chi connectivity index (χ0) is 13.6. The largest absolute Gasteiger partial charge is 0.310 e. The lowest BCUT2D eigenvalue weighted by molar-refractivity contribution is -0.118. The minimum Gasteiger partial charge on any atom is -0.310 e. The van der Waals surface area contributed by atoms with E-state index in [1.807, 2.05) is 4.90 Å². The van der Waals surface area contributed by atoms with Crippen molar-refractivity contribution >= 4 is 27.5 Å². The van der Waals surface area contributed by atoms with Crippen LogP contribution < -0.4 is 10.2 Å². The van der Waals surface area contributed by atoms with Crippen molar-refractivity contribution in [2.75, 3.05) is 11.4 Å². The molecule has 0 radical (unpaired) electrons. The van der Waals surface area contributed by atoms with Crippen LogP contribution in [0, 0.1) is 13.8 Å². The van der Waals surface area contributed by atoms with Crippen molar-refractivity contribution in [2.45, 2.75) is 45.2 Å². The summed E-state index contributed by atoms with van der Waals surface area (Å²) < 4.78 is 1.02. The van der Waals surface area contributed by atoms with Gasteiger partial charge in [0.25, 0.3) is 0 Å². The van der Waals surface area contributed by atoms with Crippen molar-refractivity contribution in [3.05, 3.63) is 27.7 Å². The second kappa shape index (κ2) is 4.91. The van der Waals surface area contributed by atoms with E-state index in [1.165, 1.54) is 18.4 Å². The molecule has 19 heavy (non-hydrogen) atoms. The van der Waals surface area contributed by atoms with Crippen LogP contribution >= 0.6 is 15.9 Å². The quantitative estimate of drug-likeness (QED) is 0.928. The molecule has 2 fully saturated rings. The molecule has 1 aliphatic heterocycles. The first kappa shape index (κ1) is 13.1. The predicted molar refractivity (Wildman–Crippen MR) is 80.5 cm³/mol. The van der Waals surface area contributed by atoms with Crippen LogP contribution in [-0.4, -0.2) is 24.5 Å². The molecule has 1 aromatic carbocycles. The summed E-state index contributed by atoms with van der Waals surface area (Å²) in [5.41, 5.74) is 3.41. The van der Waals surface area contributed by atoms with E-state index in [2.05, 4.69) is 47.2 Å². The Morgan fingerprint density at radius 1 is 1.26 bits per heavy atom. The fraction of sp³-hybridized carbons (Fsp3) is 0.533. The molecule has 0 aromatic heterocycles. The van der Waals surface area contributed by atoms with E-state index in [1.54, 1.807) is 0 Å². The van der Waals surface area contributed by atoms with Gasteiger partial charge in [-0.15, -0.1) is 0 Å². The molecule has 1 atom stereocenters. The number of hydrogen-bond acceptors (Lipinski definition) is 2. The van der Waals surface area contributed by atoms with Gasteiger partial charge in [-0.2, -0.15) is 0 Å². The van der Waals surface area contributed by atoms with E-state index in [0.29, 0.717) is 6.04 Å². The molecule has 1 N–H and O–H groups in total. The van der Waals surface area contributed by atoms with Crippen LogP contribution in [0.15, 0.2) is 16.6 Å². The number of halogens is 1. The lowest BCUT2D eigenvalue weighted by Crippen LogP contribution is -2.39. The Labute approximate surface area is 122 Å². The summed E-state index contributed by atoms with van der Waals surface area (Å²) in [6.07, 6.45) is 3.35. The first-order chi connectivity index (χ1) is 9.06.